The molecule has 152 valence electrons. The summed E-state index contributed by atoms with van der Waals surface area (Å²) in [4.78, 5) is 19.8. The van der Waals surface area contributed by atoms with E-state index in [0.717, 1.165) is 0 Å². The lowest BCUT2D eigenvalue weighted by molar-refractivity contribution is -0.154. The molecule has 0 radical (unpaired) electrons. The number of carbonyl (C=O) groups is 1. The number of alkyl halides is 3. The number of halogens is 5. The molecule has 6 nitrogen and oxygen atoms in total. The van der Waals surface area contributed by atoms with Crippen LogP contribution in [0, 0.1) is 0 Å². The highest BCUT2D eigenvalue weighted by Crippen LogP contribution is 2.31. The van der Waals surface area contributed by atoms with Gasteiger partial charge in [-0.05, 0) is 35.9 Å². The number of rotatable bonds is 6. The highest BCUT2D eigenvalue weighted by atomic mass is 35.5. The molecule has 0 bridgehead atoms. The van der Waals surface area contributed by atoms with E-state index in [0.29, 0.717) is 21.2 Å². The number of pyridine rings is 1. The second-order valence-electron chi connectivity index (χ2n) is 5.86. The fourth-order valence-electron chi connectivity index (χ4n) is 2.59. The zero-order valence-electron chi connectivity index (χ0n) is 14.5. The quantitative estimate of drug-likeness (QED) is 0.581. The average Bonchev–Trinajstić information content (AvgIpc) is 3.02. The summed E-state index contributed by atoms with van der Waals surface area (Å²) in [6, 6.07) is 7.78. The Kier molecular flexibility index (Phi) is 5.99. The van der Waals surface area contributed by atoms with Gasteiger partial charge in [-0.2, -0.15) is 18.2 Å². The normalized spacial score (nSPS) is 11.5. The third-order valence-corrected chi connectivity index (χ3v) is 4.37. The van der Waals surface area contributed by atoms with Gasteiger partial charge < -0.3 is 14.4 Å². The second kappa shape index (κ2) is 8.30. The van der Waals surface area contributed by atoms with Gasteiger partial charge in [-0.15, -0.1) is 0 Å². The molecule has 0 saturated carbocycles. The van der Waals surface area contributed by atoms with Crippen LogP contribution >= 0.6 is 23.2 Å². The predicted octanol–water partition coefficient (Wildman–Crippen LogP) is 4.94. The number of hydrogen-bond acceptors (Lipinski definition) is 4. The van der Waals surface area contributed by atoms with Crippen LogP contribution in [0.25, 0.3) is 11.4 Å². The van der Waals surface area contributed by atoms with Gasteiger partial charge in [0, 0.05) is 28.0 Å². The molecule has 1 aromatic carbocycles. The summed E-state index contributed by atoms with van der Waals surface area (Å²) in [7, 11) is 0. The first-order valence-corrected chi connectivity index (χ1v) is 8.79. The van der Waals surface area contributed by atoms with Gasteiger partial charge in [0.25, 0.3) is 0 Å². The Morgan fingerprint density at radius 2 is 2.00 bits per heavy atom. The average molecular weight is 446 g/mol. The Balaban J connectivity index is 2.16. The molecule has 0 atom stereocenters. The number of hydrogen-bond donors (Lipinski definition) is 1. The predicted molar refractivity (Wildman–Crippen MR) is 99.5 cm³/mol. The Bertz CT molecular complexity index is 1040. The van der Waals surface area contributed by atoms with E-state index >= 15 is 0 Å². The van der Waals surface area contributed by atoms with Crippen LogP contribution in [-0.4, -0.2) is 38.4 Å². The van der Waals surface area contributed by atoms with Crippen molar-refractivity contribution in [2.75, 3.05) is 6.61 Å². The summed E-state index contributed by atoms with van der Waals surface area (Å²) in [6.45, 7) is -1.80. The molecule has 11 heteroatoms. The van der Waals surface area contributed by atoms with Crippen molar-refractivity contribution in [3.8, 4) is 17.3 Å². The Labute approximate surface area is 172 Å². The van der Waals surface area contributed by atoms with E-state index in [1.807, 2.05) is 0 Å². The molecule has 0 fully saturated rings. The number of imidazole rings is 1. The van der Waals surface area contributed by atoms with Gasteiger partial charge in [0.1, 0.15) is 5.82 Å². The van der Waals surface area contributed by atoms with Crippen LogP contribution in [0.5, 0.6) is 5.88 Å². The molecule has 3 rings (SSSR count). The SMILES string of the molecule is O=C(O)c1c(OCC(F)(F)F)nc(-c2cccnc2)n1Cc1cc(Cl)ccc1Cl. The summed E-state index contributed by atoms with van der Waals surface area (Å²) in [5, 5.41) is 10.3. The van der Waals surface area contributed by atoms with Crippen LogP contribution in [0.3, 0.4) is 0 Å². The van der Waals surface area contributed by atoms with Crippen molar-refractivity contribution in [1.29, 1.82) is 0 Å². The smallest absolute Gasteiger partial charge is 0.422 e. The Morgan fingerprint density at radius 1 is 1.24 bits per heavy atom. The molecule has 3 aromatic rings. The molecule has 2 heterocycles. The Hall–Kier alpha value is -2.78. The van der Waals surface area contributed by atoms with Gasteiger partial charge in [0.15, 0.2) is 12.3 Å². The van der Waals surface area contributed by atoms with Crippen molar-refractivity contribution in [2.45, 2.75) is 12.7 Å². The molecular formula is C18H12Cl2F3N3O3. The molecule has 0 amide bonds. The van der Waals surface area contributed by atoms with Crippen molar-refractivity contribution in [1.82, 2.24) is 14.5 Å². The molecule has 0 aliphatic rings. The van der Waals surface area contributed by atoms with E-state index in [2.05, 4.69) is 14.7 Å². The minimum absolute atomic E-state index is 0.0590. The first kappa shape index (κ1) is 20.9. The number of benzene rings is 1. The third kappa shape index (κ3) is 4.99. The summed E-state index contributed by atoms with van der Waals surface area (Å²) >= 11 is 12.2. The highest BCUT2D eigenvalue weighted by Gasteiger charge is 2.32. The van der Waals surface area contributed by atoms with Crippen LogP contribution in [-0.2, 0) is 6.54 Å². The van der Waals surface area contributed by atoms with Gasteiger partial charge in [-0.3, -0.25) is 4.98 Å². The summed E-state index contributed by atoms with van der Waals surface area (Å²) < 4.78 is 43.7. The van der Waals surface area contributed by atoms with Gasteiger partial charge in [0.05, 0.1) is 6.54 Å². The molecular weight excluding hydrogens is 434 g/mol. The van der Waals surface area contributed by atoms with Crippen LogP contribution in [0.1, 0.15) is 16.1 Å². The lowest BCUT2D eigenvalue weighted by atomic mass is 10.2. The van der Waals surface area contributed by atoms with Crippen LogP contribution in [0.15, 0.2) is 42.7 Å². The van der Waals surface area contributed by atoms with Crippen molar-refractivity contribution in [2.24, 2.45) is 0 Å². The second-order valence-corrected chi connectivity index (χ2v) is 6.71. The number of aromatic carboxylic acids is 1. The van der Waals surface area contributed by atoms with E-state index in [1.54, 1.807) is 18.2 Å². The van der Waals surface area contributed by atoms with E-state index in [4.69, 9.17) is 23.2 Å². The fraction of sp³-hybridized carbons (Fsp3) is 0.167. The molecule has 0 aliphatic carbocycles. The summed E-state index contributed by atoms with van der Waals surface area (Å²) in [5.41, 5.74) is 0.283. The Morgan fingerprint density at radius 3 is 2.62 bits per heavy atom. The molecule has 0 spiro atoms. The van der Waals surface area contributed by atoms with E-state index in [9.17, 15) is 23.1 Å². The maximum atomic E-state index is 12.6. The minimum atomic E-state index is -4.66. The largest absolute Gasteiger partial charge is 0.476 e. The lowest BCUT2D eigenvalue weighted by Gasteiger charge is -2.12. The highest BCUT2D eigenvalue weighted by molar-refractivity contribution is 6.33. The first-order valence-electron chi connectivity index (χ1n) is 8.03. The van der Waals surface area contributed by atoms with Gasteiger partial charge in [0.2, 0.25) is 5.88 Å². The maximum Gasteiger partial charge on any atom is 0.422 e. The van der Waals surface area contributed by atoms with E-state index < -0.39 is 30.3 Å². The molecule has 1 N–H and O–H groups in total. The molecule has 2 aromatic heterocycles. The molecule has 0 unspecified atom stereocenters. The van der Waals surface area contributed by atoms with Crippen LogP contribution in [0.2, 0.25) is 10.0 Å². The van der Waals surface area contributed by atoms with Gasteiger partial charge in [-0.1, -0.05) is 23.2 Å². The van der Waals surface area contributed by atoms with Crippen molar-refractivity contribution < 1.29 is 27.8 Å². The zero-order chi connectivity index (χ0) is 21.2. The number of nitrogens with zero attached hydrogens (tertiary/aromatic N) is 3. The van der Waals surface area contributed by atoms with E-state index in [1.165, 1.54) is 29.1 Å². The van der Waals surface area contributed by atoms with Gasteiger partial charge in [-0.25, -0.2) is 4.79 Å². The van der Waals surface area contributed by atoms with Crippen molar-refractivity contribution >= 4 is 29.2 Å². The standard InChI is InChI=1S/C18H12Cl2F3N3O3/c19-12-3-4-13(20)11(6-12)8-26-14(17(27)28)16(29-9-18(21,22)23)25-15(26)10-2-1-5-24-7-10/h1-7H,8-9H2,(H,27,28). The number of carboxylic acid groups (broad SMARTS) is 1. The summed E-state index contributed by atoms with van der Waals surface area (Å²) in [6.07, 6.45) is -1.77. The topological polar surface area (TPSA) is 77.2 Å². The van der Waals surface area contributed by atoms with Crippen molar-refractivity contribution in [3.05, 3.63) is 64.0 Å². The van der Waals surface area contributed by atoms with Crippen molar-refractivity contribution in [3.63, 3.8) is 0 Å². The van der Waals surface area contributed by atoms with Gasteiger partial charge >= 0.3 is 12.1 Å². The first-order chi connectivity index (χ1) is 13.7. The van der Waals surface area contributed by atoms with Crippen LogP contribution < -0.4 is 4.74 Å². The zero-order valence-corrected chi connectivity index (χ0v) is 16.0. The molecule has 29 heavy (non-hydrogen) atoms. The number of carboxylic acids is 1. The molecule has 0 saturated heterocycles. The summed E-state index contributed by atoms with van der Waals surface area (Å²) in [5.74, 6) is -2.11. The number of ether oxygens (including phenoxy) is 1. The molecule has 0 aliphatic heterocycles. The number of aromatic nitrogens is 3. The lowest BCUT2D eigenvalue weighted by Crippen LogP contribution is -2.20. The minimum Gasteiger partial charge on any atom is -0.476 e. The fourth-order valence-corrected chi connectivity index (χ4v) is 2.96. The third-order valence-electron chi connectivity index (χ3n) is 3.77. The maximum absolute atomic E-state index is 12.6. The monoisotopic (exact) mass is 445 g/mol. The van der Waals surface area contributed by atoms with E-state index in [-0.39, 0.29) is 12.4 Å². The van der Waals surface area contributed by atoms with Crippen LogP contribution in [0.4, 0.5) is 13.2 Å².